The summed E-state index contributed by atoms with van der Waals surface area (Å²) in [5.41, 5.74) is 0. The Balaban J connectivity index is 2.38. The van der Waals surface area contributed by atoms with Gasteiger partial charge >= 0.3 is 3.98 Å². The van der Waals surface area contributed by atoms with E-state index in [2.05, 4.69) is 22.3 Å². The minimum absolute atomic E-state index is 0.758. The van der Waals surface area contributed by atoms with Crippen LogP contribution in [-0.4, -0.2) is 12.6 Å². The van der Waals surface area contributed by atoms with Crippen molar-refractivity contribution in [3.05, 3.63) is 14.7 Å². The van der Waals surface area contributed by atoms with Crippen molar-refractivity contribution in [2.24, 2.45) is 0 Å². The molecule has 2 heterocycles. The predicted octanol–water partition coefficient (Wildman–Crippen LogP) is 2.15. The van der Waals surface area contributed by atoms with Crippen LogP contribution in [-0.2, 0) is 0 Å². The second-order valence-electron chi connectivity index (χ2n) is 3.31. The van der Waals surface area contributed by atoms with E-state index >= 15 is 0 Å². The lowest BCUT2D eigenvalue weighted by atomic mass is 10.1. The number of hydrogen-bond donors (Lipinski definition) is 0. The molecule has 0 bridgehead atoms. The Bertz CT molecular complexity index is 294. The summed E-state index contributed by atoms with van der Waals surface area (Å²) in [4.78, 5) is 0. The fourth-order valence-corrected chi connectivity index (χ4v) is 3.75. The van der Waals surface area contributed by atoms with Gasteiger partial charge in [0.05, 0.1) is 0 Å². The van der Waals surface area contributed by atoms with Crippen molar-refractivity contribution >= 4 is 22.7 Å². The molecule has 1 atom stereocenters. The molecule has 66 valence electrons. The van der Waals surface area contributed by atoms with Crippen LogP contribution in [0.15, 0.2) is 10.8 Å². The normalized spacial score (nSPS) is 24.4. The van der Waals surface area contributed by atoms with Crippen LogP contribution in [0.1, 0.15) is 26.2 Å². The Labute approximate surface area is 81.0 Å². The summed E-state index contributed by atoms with van der Waals surface area (Å²) >= 11 is 3.76. The highest BCUT2D eigenvalue weighted by atomic mass is 32.2. The quantitative estimate of drug-likeness (QED) is 0.565. The van der Waals surface area contributed by atoms with Gasteiger partial charge in [0.25, 0.3) is 0 Å². The molecule has 12 heavy (non-hydrogen) atoms. The van der Waals surface area contributed by atoms with Crippen molar-refractivity contribution in [1.82, 2.24) is 4.58 Å². The molecule has 1 unspecified atom stereocenters. The molecule has 1 aromatic rings. The number of hydrogen-bond acceptors (Lipinski definition) is 2. The lowest BCUT2D eigenvalue weighted by Gasteiger charge is -2.15. The summed E-state index contributed by atoms with van der Waals surface area (Å²) in [5, 5.41) is 4.36. The molecule has 0 aliphatic carbocycles. The van der Waals surface area contributed by atoms with E-state index in [1.807, 2.05) is 22.7 Å². The van der Waals surface area contributed by atoms with Crippen molar-refractivity contribution in [2.45, 2.75) is 32.2 Å². The zero-order valence-corrected chi connectivity index (χ0v) is 8.96. The highest BCUT2D eigenvalue weighted by Crippen LogP contribution is 2.10. The molecular weight excluding hydrogens is 186 g/mol. The molecule has 0 radical (unpaired) electrons. The molecule has 1 aliphatic heterocycles. The number of rotatable bonds is 0. The first-order valence-electron chi connectivity index (χ1n) is 4.50. The molecule has 1 aliphatic rings. The summed E-state index contributed by atoms with van der Waals surface area (Å²) in [6.07, 6.45) is 4.15. The largest absolute Gasteiger partial charge is 0.314 e. The van der Waals surface area contributed by atoms with Gasteiger partial charge in [0, 0.05) is 23.6 Å². The molecule has 1 aromatic heterocycles. The summed E-state index contributed by atoms with van der Waals surface area (Å²) in [6, 6.07) is 0.758. The lowest BCUT2D eigenvalue weighted by Crippen LogP contribution is -2.38. The van der Waals surface area contributed by atoms with Gasteiger partial charge in [-0.2, -0.15) is 0 Å². The fraction of sp³-hybridized carbons (Fsp3) is 0.667. The van der Waals surface area contributed by atoms with E-state index in [0.717, 1.165) is 6.04 Å². The SMILES string of the molecule is CC1CCCC[N+]1=c1sccs1. The van der Waals surface area contributed by atoms with Crippen LogP contribution in [0, 0.1) is 0 Å². The maximum Gasteiger partial charge on any atom is 0.314 e. The number of nitrogens with zero attached hydrogens (tertiary/aromatic N) is 1. The van der Waals surface area contributed by atoms with Gasteiger partial charge in [0.2, 0.25) is 0 Å². The molecule has 0 aromatic carbocycles. The molecule has 0 spiro atoms. The molecule has 3 heteroatoms. The van der Waals surface area contributed by atoms with Crippen LogP contribution in [0.3, 0.4) is 0 Å². The smallest absolute Gasteiger partial charge is 0.210 e. The molecule has 1 saturated heterocycles. The maximum absolute atomic E-state index is 2.55. The average Bonchev–Trinajstić information content (AvgIpc) is 2.57. The van der Waals surface area contributed by atoms with Crippen LogP contribution in [0.4, 0.5) is 0 Å². The second-order valence-corrected chi connectivity index (χ2v) is 5.36. The Morgan fingerprint density at radius 1 is 1.33 bits per heavy atom. The van der Waals surface area contributed by atoms with Crippen LogP contribution in [0.25, 0.3) is 0 Å². The molecule has 2 rings (SSSR count). The minimum Gasteiger partial charge on any atom is -0.210 e. The van der Waals surface area contributed by atoms with Crippen LogP contribution in [0.2, 0.25) is 0 Å². The molecule has 0 N–H and O–H groups in total. The Kier molecular flexibility index (Phi) is 2.61. The lowest BCUT2D eigenvalue weighted by molar-refractivity contribution is 0.368. The highest BCUT2D eigenvalue weighted by molar-refractivity contribution is 7.24. The van der Waals surface area contributed by atoms with E-state index < -0.39 is 0 Å². The molecular formula is C9H14NS2+. The monoisotopic (exact) mass is 200 g/mol. The molecule has 1 fully saturated rings. The topological polar surface area (TPSA) is 3.01 Å². The van der Waals surface area contributed by atoms with Gasteiger partial charge in [-0.3, -0.25) is 0 Å². The Morgan fingerprint density at radius 3 is 2.75 bits per heavy atom. The summed E-state index contributed by atoms with van der Waals surface area (Å²) in [7, 11) is 0. The van der Waals surface area contributed by atoms with Crippen molar-refractivity contribution in [2.75, 3.05) is 6.54 Å². The average molecular weight is 200 g/mol. The van der Waals surface area contributed by atoms with Crippen LogP contribution in [0.5, 0.6) is 0 Å². The third kappa shape index (κ3) is 1.62. The summed E-state index contributed by atoms with van der Waals surface area (Å²) < 4.78 is 4.04. The highest BCUT2D eigenvalue weighted by Gasteiger charge is 2.21. The van der Waals surface area contributed by atoms with E-state index in [1.165, 1.54) is 29.8 Å². The third-order valence-corrected chi connectivity index (χ3v) is 4.60. The van der Waals surface area contributed by atoms with E-state index in [1.54, 1.807) is 0 Å². The van der Waals surface area contributed by atoms with Crippen LogP contribution >= 0.6 is 22.7 Å². The summed E-state index contributed by atoms with van der Waals surface area (Å²) in [5.74, 6) is 0. The van der Waals surface area contributed by atoms with Crippen molar-refractivity contribution in [3.8, 4) is 0 Å². The van der Waals surface area contributed by atoms with Gasteiger partial charge in [0.15, 0.2) is 6.04 Å². The van der Waals surface area contributed by atoms with Crippen molar-refractivity contribution in [1.29, 1.82) is 0 Å². The first-order chi connectivity index (χ1) is 5.88. The minimum atomic E-state index is 0.758. The third-order valence-electron chi connectivity index (χ3n) is 2.43. The zero-order chi connectivity index (χ0) is 8.39. The van der Waals surface area contributed by atoms with Gasteiger partial charge in [-0.25, -0.2) is 4.58 Å². The summed E-state index contributed by atoms with van der Waals surface area (Å²) in [6.45, 7) is 3.60. The van der Waals surface area contributed by atoms with E-state index in [0.29, 0.717) is 0 Å². The van der Waals surface area contributed by atoms with Gasteiger partial charge in [0.1, 0.15) is 6.54 Å². The molecule has 1 nitrogen and oxygen atoms in total. The second kappa shape index (κ2) is 3.71. The van der Waals surface area contributed by atoms with E-state index in [9.17, 15) is 0 Å². The molecule has 0 amide bonds. The first kappa shape index (κ1) is 8.45. The predicted molar refractivity (Wildman–Crippen MR) is 55.6 cm³/mol. The van der Waals surface area contributed by atoms with Gasteiger partial charge in [-0.15, -0.1) is 0 Å². The maximum atomic E-state index is 2.55. The van der Waals surface area contributed by atoms with Crippen molar-refractivity contribution in [3.63, 3.8) is 0 Å². The van der Waals surface area contributed by atoms with Gasteiger partial charge in [-0.05, 0) is 13.3 Å². The fourth-order valence-electron chi connectivity index (χ4n) is 1.70. The zero-order valence-electron chi connectivity index (χ0n) is 7.32. The Hall–Kier alpha value is -0.150. The van der Waals surface area contributed by atoms with E-state index in [-0.39, 0.29) is 0 Å². The van der Waals surface area contributed by atoms with Crippen molar-refractivity contribution < 1.29 is 0 Å². The van der Waals surface area contributed by atoms with Crippen LogP contribution < -0.4 is 8.56 Å². The van der Waals surface area contributed by atoms with Gasteiger partial charge in [-0.1, -0.05) is 22.7 Å². The number of piperidine rings is 1. The Morgan fingerprint density at radius 2 is 2.08 bits per heavy atom. The standard InChI is InChI=1S/C9H14NS2/c1-8-4-2-3-5-10(8)9-11-6-7-12-9/h6-8H,2-5H2,1H3/q+1. The van der Waals surface area contributed by atoms with Gasteiger partial charge < -0.3 is 0 Å². The molecule has 0 saturated carbocycles. The van der Waals surface area contributed by atoms with E-state index in [4.69, 9.17) is 0 Å². The first-order valence-corrected chi connectivity index (χ1v) is 6.26.